The van der Waals surface area contributed by atoms with Crippen LogP contribution >= 0.6 is 0 Å². The molecular weight excluding hydrogens is 446 g/mol. The molecule has 2 aliphatic heterocycles. The molecule has 10 heteroatoms. The maximum atomic E-state index is 14.5. The first-order valence-corrected chi connectivity index (χ1v) is 11.5. The zero-order valence-corrected chi connectivity index (χ0v) is 19.6. The van der Waals surface area contributed by atoms with E-state index in [1.165, 1.54) is 4.68 Å². The second-order valence-corrected chi connectivity index (χ2v) is 9.87. The van der Waals surface area contributed by atoms with E-state index < -0.39 is 29.0 Å². The number of carbonyl (C=O) groups excluding carboxylic acids is 2. The number of aliphatic hydroxyl groups is 1. The number of nitrogens with zero attached hydrogens (tertiary/aromatic N) is 3. The smallest absolute Gasteiger partial charge is 0.272 e. The quantitative estimate of drug-likeness (QED) is 0.691. The van der Waals surface area contributed by atoms with Gasteiger partial charge in [-0.25, -0.2) is 13.5 Å². The molecule has 0 radical (unpaired) electrons. The summed E-state index contributed by atoms with van der Waals surface area (Å²) in [6.07, 6.45) is 1.87. The second kappa shape index (κ2) is 9.42. The lowest BCUT2D eigenvalue weighted by molar-refractivity contribution is -0.137. The third kappa shape index (κ3) is 4.56. The third-order valence-electron chi connectivity index (χ3n) is 6.43. The number of halogens is 2. The molecule has 0 aliphatic carbocycles. The number of benzene rings is 1. The van der Waals surface area contributed by atoms with Crippen LogP contribution in [0.3, 0.4) is 0 Å². The minimum atomic E-state index is -0.872. The van der Waals surface area contributed by atoms with Crippen LogP contribution in [0.15, 0.2) is 18.2 Å². The molecule has 0 bridgehead atoms. The van der Waals surface area contributed by atoms with Crippen molar-refractivity contribution in [2.75, 3.05) is 19.8 Å². The SMILES string of the molecule is CC(C)(C)C(NC(=O)c1nn(-c2cc(F)ccc2F)c2c1COCC2)C(=O)N1CCCC1CO. The zero-order valence-electron chi connectivity index (χ0n) is 19.6. The molecule has 2 amide bonds. The monoisotopic (exact) mass is 476 g/mol. The molecular formula is C24H30F2N4O4. The number of hydrogen-bond acceptors (Lipinski definition) is 5. The lowest BCUT2D eigenvalue weighted by Gasteiger charge is -2.35. The molecule has 8 nitrogen and oxygen atoms in total. The summed E-state index contributed by atoms with van der Waals surface area (Å²) in [4.78, 5) is 28.4. The molecule has 34 heavy (non-hydrogen) atoms. The number of amides is 2. The van der Waals surface area contributed by atoms with Crippen LogP contribution in [0.4, 0.5) is 8.78 Å². The van der Waals surface area contributed by atoms with Gasteiger partial charge in [0, 0.05) is 24.6 Å². The Morgan fingerprint density at radius 2 is 2.09 bits per heavy atom. The van der Waals surface area contributed by atoms with E-state index in [1.807, 2.05) is 20.8 Å². The summed E-state index contributed by atoms with van der Waals surface area (Å²) in [5, 5.41) is 16.8. The van der Waals surface area contributed by atoms with Crippen LogP contribution in [0.5, 0.6) is 0 Å². The van der Waals surface area contributed by atoms with Crippen molar-refractivity contribution < 1.29 is 28.2 Å². The summed E-state index contributed by atoms with van der Waals surface area (Å²) >= 11 is 0. The van der Waals surface area contributed by atoms with Crippen molar-refractivity contribution in [1.29, 1.82) is 0 Å². The largest absolute Gasteiger partial charge is 0.394 e. The van der Waals surface area contributed by atoms with E-state index in [2.05, 4.69) is 10.4 Å². The van der Waals surface area contributed by atoms with Gasteiger partial charge < -0.3 is 20.1 Å². The van der Waals surface area contributed by atoms with E-state index in [0.29, 0.717) is 37.3 Å². The minimum Gasteiger partial charge on any atom is -0.394 e. The number of nitrogens with one attached hydrogen (secondary N) is 1. The first-order chi connectivity index (χ1) is 16.1. The van der Waals surface area contributed by atoms with Gasteiger partial charge in [-0.1, -0.05) is 20.8 Å². The number of aromatic nitrogens is 2. The fourth-order valence-corrected chi connectivity index (χ4v) is 4.60. The van der Waals surface area contributed by atoms with Crippen molar-refractivity contribution in [3.63, 3.8) is 0 Å². The van der Waals surface area contributed by atoms with Crippen LogP contribution in [0.25, 0.3) is 5.69 Å². The first-order valence-electron chi connectivity index (χ1n) is 11.5. The van der Waals surface area contributed by atoms with Crippen LogP contribution in [-0.2, 0) is 22.6 Å². The Bertz CT molecular complexity index is 1100. The van der Waals surface area contributed by atoms with Crippen LogP contribution < -0.4 is 5.32 Å². The van der Waals surface area contributed by atoms with Crippen LogP contribution in [-0.4, -0.2) is 63.4 Å². The van der Waals surface area contributed by atoms with Gasteiger partial charge in [0.2, 0.25) is 5.91 Å². The second-order valence-electron chi connectivity index (χ2n) is 9.87. The summed E-state index contributed by atoms with van der Waals surface area (Å²) in [5.41, 5.74) is 0.355. The molecule has 2 N–H and O–H groups in total. The fourth-order valence-electron chi connectivity index (χ4n) is 4.60. The van der Waals surface area contributed by atoms with Gasteiger partial charge in [-0.3, -0.25) is 9.59 Å². The van der Waals surface area contributed by atoms with Crippen molar-refractivity contribution in [1.82, 2.24) is 20.0 Å². The van der Waals surface area contributed by atoms with Gasteiger partial charge in [0.25, 0.3) is 5.91 Å². The van der Waals surface area contributed by atoms with Gasteiger partial charge in [0.1, 0.15) is 23.4 Å². The molecule has 1 aromatic heterocycles. The Labute approximate surface area is 196 Å². The average Bonchev–Trinajstić information content (AvgIpc) is 3.42. The molecule has 1 aromatic carbocycles. The van der Waals surface area contributed by atoms with E-state index in [4.69, 9.17) is 4.74 Å². The van der Waals surface area contributed by atoms with Gasteiger partial charge in [0.05, 0.1) is 31.6 Å². The van der Waals surface area contributed by atoms with Crippen molar-refractivity contribution in [2.45, 2.75) is 58.7 Å². The number of rotatable bonds is 5. The predicted octanol–water partition coefficient (Wildman–Crippen LogP) is 2.35. The number of carbonyl (C=O) groups is 2. The number of ether oxygens (including phenoxy) is 1. The standard InChI is InChI=1S/C24H30F2N4O4/c1-24(2,3)21(23(33)29-9-4-5-15(29)12-31)27-22(32)20-16-13-34-10-8-18(16)30(28-20)19-11-14(25)6-7-17(19)26/h6-7,11,15,21,31H,4-5,8-10,12-13H2,1-3H3,(H,27,32). The summed E-state index contributed by atoms with van der Waals surface area (Å²) in [7, 11) is 0. The lowest BCUT2D eigenvalue weighted by Crippen LogP contribution is -2.56. The molecule has 0 saturated carbocycles. The topological polar surface area (TPSA) is 96.7 Å². The highest BCUT2D eigenvalue weighted by atomic mass is 19.1. The zero-order chi connectivity index (χ0) is 24.6. The molecule has 2 aromatic rings. The van der Waals surface area contributed by atoms with Crippen LogP contribution in [0.2, 0.25) is 0 Å². The summed E-state index contributed by atoms with van der Waals surface area (Å²) < 4.78 is 35.1. The highest BCUT2D eigenvalue weighted by Gasteiger charge is 2.40. The maximum Gasteiger partial charge on any atom is 0.272 e. The molecule has 2 aliphatic rings. The maximum absolute atomic E-state index is 14.5. The summed E-state index contributed by atoms with van der Waals surface area (Å²) in [5.74, 6) is -2.15. The normalized spacial score (nSPS) is 19.1. The molecule has 184 valence electrons. The number of hydrogen-bond donors (Lipinski definition) is 2. The van der Waals surface area contributed by atoms with Crippen LogP contribution in [0.1, 0.15) is 55.4 Å². The minimum absolute atomic E-state index is 0.0144. The Kier molecular flexibility index (Phi) is 6.73. The van der Waals surface area contributed by atoms with Crippen LogP contribution in [0, 0.1) is 17.0 Å². The Morgan fingerprint density at radius 1 is 1.32 bits per heavy atom. The highest BCUT2D eigenvalue weighted by molar-refractivity contribution is 5.98. The van der Waals surface area contributed by atoms with Gasteiger partial charge in [-0.15, -0.1) is 0 Å². The third-order valence-corrected chi connectivity index (χ3v) is 6.43. The number of likely N-dealkylation sites (tertiary alicyclic amines) is 1. The predicted molar refractivity (Wildman–Crippen MR) is 119 cm³/mol. The molecule has 0 spiro atoms. The number of fused-ring (bicyclic) bond motifs is 1. The molecule has 4 rings (SSSR count). The van der Waals surface area contributed by atoms with E-state index in [-0.39, 0.29) is 36.5 Å². The highest BCUT2D eigenvalue weighted by Crippen LogP contribution is 2.28. The Balaban J connectivity index is 1.68. The van der Waals surface area contributed by atoms with E-state index >= 15 is 0 Å². The molecule has 1 fully saturated rings. The fraction of sp³-hybridized carbons (Fsp3) is 0.542. The summed E-state index contributed by atoms with van der Waals surface area (Å²) in [6, 6.07) is 1.92. The average molecular weight is 477 g/mol. The van der Waals surface area contributed by atoms with Crippen molar-refractivity contribution in [3.05, 3.63) is 46.8 Å². The Morgan fingerprint density at radius 3 is 2.79 bits per heavy atom. The van der Waals surface area contributed by atoms with Gasteiger partial charge in [0.15, 0.2) is 5.69 Å². The van der Waals surface area contributed by atoms with Gasteiger partial charge in [-0.2, -0.15) is 5.10 Å². The first kappa shape index (κ1) is 24.3. The van der Waals surface area contributed by atoms with Crippen molar-refractivity contribution in [2.24, 2.45) is 5.41 Å². The molecule has 2 unspecified atom stereocenters. The molecule has 2 atom stereocenters. The molecule has 1 saturated heterocycles. The Hall–Kier alpha value is -2.85. The lowest BCUT2D eigenvalue weighted by atomic mass is 9.85. The van der Waals surface area contributed by atoms with Gasteiger partial charge in [-0.05, 0) is 30.4 Å². The van der Waals surface area contributed by atoms with Crippen molar-refractivity contribution in [3.8, 4) is 5.69 Å². The number of aliphatic hydroxyl groups excluding tert-OH is 1. The van der Waals surface area contributed by atoms with Gasteiger partial charge >= 0.3 is 0 Å². The summed E-state index contributed by atoms with van der Waals surface area (Å²) in [6.45, 7) is 6.38. The van der Waals surface area contributed by atoms with E-state index in [1.54, 1.807) is 4.90 Å². The van der Waals surface area contributed by atoms with E-state index in [0.717, 1.165) is 24.6 Å². The molecule has 3 heterocycles. The van der Waals surface area contributed by atoms with E-state index in [9.17, 15) is 23.5 Å². The van der Waals surface area contributed by atoms with Crippen molar-refractivity contribution >= 4 is 11.8 Å².